The summed E-state index contributed by atoms with van der Waals surface area (Å²) in [7, 11) is 0. The number of pyridine rings is 1. The van der Waals surface area contributed by atoms with Gasteiger partial charge in [0, 0.05) is 29.0 Å². The first kappa shape index (κ1) is 21.5. The average molecular weight is 428 g/mol. The molecule has 2 amide bonds. The van der Waals surface area contributed by atoms with Crippen LogP contribution in [0.2, 0.25) is 0 Å². The van der Waals surface area contributed by atoms with Crippen LogP contribution in [0.5, 0.6) is 0 Å². The lowest BCUT2D eigenvalue weighted by Crippen LogP contribution is -2.50. The molecule has 1 aromatic carbocycles. The molecular formula is C21H22FN5O2S. The number of carbonyl (C=O) groups is 2. The molecule has 3 aromatic rings. The van der Waals surface area contributed by atoms with Gasteiger partial charge in [-0.3, -0.25) is 19.5 Å². The second kappa shape index (κ2) is 9.08. The van der Waals surface area contributed by atoms with E-state index in [1.165, 1.54) is 34.5 Å². The fourth-order valence-corrected chi connectivity index (χ4v) is 3.25. The molecule has 0 radical (unpaired) electrons. The second-order valence-electron chi connectivity index (χ2n) is 7.35. The molecule has 0 saturated heterocycles. The Morgan fingerprint density at radius 1 is 1.17 bits per heavy atom. The van der Waals surface area contributed by atoms with E-state index >= 15 is 0 Å². The predicted octanol–water partition coefficient (Wildman–Crippen LogP) is 3.77. The van der Waals surface area contributed by atoms with Crippen LogP contribution in [-0.2, 0) is 4.79 Å². The molecule has 3 rings (SSSR count). The Kier molecular flexibility index (Phi) is 6.51. The summed E-state index contributed by atoms with van der Waals surface area (Å²) in [5.74, 6) is -1.32. The highest BCUT2D eigenvalue weighted by molar-refractivity contribution is 7.03. The first-order valence-corrected chi connectivity index (χ1v) is 10.2. The van der Waals surface area contributed by atoms with E-state index in [0.717, 1.165) is 11.5 Å². The maximum absolute atomic E-state index is 13.6. The summed E-state index contributed by atoms with van der Waals surface area (Å²) in [6.07, 6.45) is 3.80. The highest BCUT2D eigenvalue weighted by Crippen LogP contribution is 2.30. The van der Waals surface area contributed by atoms with Gasteiger partial charge in [0.2, 0.25) is 5.91 Å². The lowest BCUT2D eigenvalue weighted by molar-refractivity contribution is -0.124. The van der Waals surface area contributed by atoms with Crippen LogP contribution in [0.3, 0.4) is 0 Å². The third kappa shape index (κ3) is 4.85. The van der Waals surface area contributed by atoms with E-state index in [1.807, 2.05) is 20.8 Å². The fraction of sp³-hybridized carbons (Fsp3) is 0.286. The van der Waals surface area contributed by atoms with Crippen molar-refractivity contribution in [2.24, 2.45) is 0 Å². The van der Waals surface area contributed by atoms with Crippen molar-refractivity contribution in [2.75, 3.05) is 4.90 Å². The first-order chi connectivity index (χ1) is 14.3. The van der Waals surface area contributed by atoms with Crippen molar-refractivity contribution < 1.29 is 14.0 Å². The standard InChI is InChI=1S/C21H22FN5O2S/c1-4-21(2,3)24-19(28)18(14-9-11-23-12-10-14)27(16-7-5-15(22)6-8-16)20(29)17-13-30-26-25-17/h5-13,18H,4H2,1-3H3,(H,24,28)/t18-/m1/s1. The third-order valence-corrected chi connectivity index (χ3v) is 5.28. The number of hydrogen-bond donors (Lipinski definition) is 1. The molecule has 0 aliphatic carbocycles. The van der Waals surface area contributed by atoms with Gasteiger partial charge in [0.25, 0.3) is 5.91 Å². The van der Waals surface area contributed by atoms with Crippen LogP contribution in [0.1, 0.15) is 49.3 Å². The number of nitrogens with one attached hydrogen (secondary N) is 1. The number of amides is 2. The minimum Gasteiger partial charge on any atom is -0.349 e. The summed E-state index contributed by atoms with van der Waals surface area (Å²) in [5.41, 5.74) is 0.545. The van der Waals surface area contributed by atoms with Crippen LogP contribution in [0.25, 0.3) is 0 Å². The number of carbonyl (C=O) groups excluding carboxylic acids is 2. The van der Waals surface area contributed by atoms with Crippen molar-refractivity contribution in [3.63, 3.8) is 0 Å². The molecule has 0 fully saturated rings. The van der Waals surface area contributed by atoms with Crippen molar-refractivity contribution in [2.45, 2.75) is 38.8 Å². The Hall–Kier alpha value is -3.20. The molecule has 0 unspecified atom stereocenters. The Morgan fingerprint density at radius 2 is 1.83 bits per heavy atom. The quantitative estimate of drug-likeness (QED) is 0.620. The highest BCUT2D eigenvalue weighted by Gasteiger charge is 2.36. The number of halogens is 1. The van der Waals surface area contributed by atoms with Crippen LogP contribution in [0.4, 0.5) is 10.1 Å². The molecular weight excluding hydrogens is 405 g/mol. The second-order valence-corrected chi connectivity index (χ2v) is 7.96. The lowest BCUT2D eigenvalue weighted by atomic mass is 9.98. The van der Waals surface area contributed by atoms with E-state index in [0.29, 0.717) is 17.7 Å². The third-order valence-electron chi connectivity index (χ3n) is 4.78. The zero-order valence-corrected chi connectivity index (χ0v) is 17.7. The zero-order chi connectivity index (χ0) is 21.7. The maximum Gasteiger partial charge on any atom is 0.280 e. The Balaban J connectivity index is 2.14. The van der Waals surface area contributed by atoms with Gasteiger partial charge in [-0.25, -0.2) is 4.39 Å². The monoisotopic (exact) mass is 427 g/mol. The molecule has 1 N–H and O–H groups in total. The van der Waals surface area contributed by atoms with Gasteiger partial charge in [0.1, 0.15) is 11.9 Å². The topological polar surface area (TPSA) is 88.1 Å². The minimum atomic E-state index is -1.02. The van der Waals surface area contributed by atoms with Crippen LogP contribution in [0, 0.1) is 5.82 Å². The Bertz CT molecular complexity index is 994. The van der Waals surface area contributed by atoms with Crippen molar-refractivity contribution in [3.05, 3.63) is 71.2 Å². The lowest BCUT2D eigenvalue weighted by Gasteiger charge is -2.34. The molecule has 156 valence electrons. The molecule has 1 atom stereocenters. The number of anilines is 1. The molecule has 9 heteroatoms. The summed E-state index contributed by atoms with van der Waals surface area (Å²) in [4.78, 5) is 32.2. The van der Waals surface area contributed by atoms with Gasteiger partial charge in [-0.05, 0) is 73.8 Å². The van der Waals surface area contributed by atoms with Gasteiger partial charge < -0.3 is 5.32 Å². The van der Waals surface area contributed by atoms with Crippen LogP contribution in [0.15, 0.2) is 54.2 Å². The molecule has 7 nitrogen and oxygen atoms in total. The maximum atomic E-state index is 13.6. The van der Waals surface area contributed by atoms with E-state index in [-0.39, 0.29) is 11.6 Å². The highest BCUT2D eigenvalue weighted by atomic mass is 32.1. The number of benzene rings is 1. The molecule has 2 heterocycles. The summed E-state index contributed by atoms with van der Waals surface area (Å²) in [5, 5.41) is 8.38. The summed E-state index contributed by atoms with van der Waals surface area (Å²) < 4.78 is 17.3. The minimum absolute atomic E-state index is 0.103. The SMILES string of the molecule is CCC(C)(C)NC(=O)[C@@H](c1ccncc1)N(C(=O)c1csnn1)c1ccc(F)cc1. The molecule has 30 heavy (non-hydrogen) atoms. The number of rotatable bonds is 7. The number of aromatic nitrogens is 3. The van der Waals surface area contributed by atoms with Crippen molar-refractivity contribution >= 4 is 29.0 Å². The van der Waals surface area contributed by atoms with Gasteiger partial charge in [0.15, 0.2) is 5.69 Å². The molecule has 0 saturated carbocycles. The summed E-state index contributed by atoms with van der Waals surface area (Å²) in [6, 6.07) is 7.73. The van der Waals surface area contributed by atoms with Crippen molar-refractivity contribution in [1.29, 1.82) is 0 Å². The van der Waals surface area contributed by atoms with Gasteiger partial charge >= 0.3 is 0 Å². The van der Waals surface area contributed by atoms with Gasteiger partial charge in [-0.2, -0.15) is 0 Å². The fourth-order valence-electron chi connectivity index (χ4n) is 2.82. The average Bonchev–Trinajstić information content (AvgIpc) is 3.27. The van der Waals surface area contributed by atoms with Crippen molar-refractivity contribution in [3.8, 4) is 0 Å². The number of hydrogen-bond acceptors (Lipinski definition) is 6. The largest absolute Gasteiger partial charge is 0.349 e. The molecule has 0 aliphatic heterocycles. The summed E-state index contributed by atoms with van der Waals surface area (Å²) >= 11 is 1.03. The van der Waals surface area contributed by atoms with Gasteiger partial charge in [-0.15, -0.1) is 5.10 Å². The van der Waals surface area contributed by atoms with Crippen LogP contribution >= 0.6 is 11.5 Å². The normalized spacial score (nSPS) is 12.3. The van der Waals surface area contributed by atoms with E-state index in [9.17, 15) is 14.0 Å². The Morgan fingerprint density at radius 3 is 2.40 bits per heavy atom. The molecule has 0 aliphatic rings. The van der Waals surface area contributed by atoms with Gasteiger partial charge in [0.05, 0.1) is 0 Å². The smallest absolute Gasteiger partial charge is 0.280 e. The molecule has 0 spiro atoms. The molecule has 2 aromatic heterocycles. The van der Waals surface area contributed by atoms with E-state index in [4.69, 9.17) is 0 Å². The zero-order valence-electron chi connectivity index (χ0n) is 16.9. The van der Waals surface area contributed by atoms with Crippen LogP contribution in [-0.4, -0.2) is 31.9 Å². The summed E-state index contributed by atoms with van der Waals surface area (Å²) in [6.45, 7) is 5.78. The van der Waals surface area contributed by atoms with Crippen LogP contribution < -0.4 is 10.2 Å². The predicted molar refractivity (Wildman–Crippen MR) is 113 cm³/mol. The molecule has 0 bridgehead atoms. The Labute approximate surface area is 178 Å². The van der Waals surface area contributed by atoms with E-state index in [1.54, 1.807) is 24.5 Å². The first-order valence-electron chi connectivity index (χ1n) is 9.40. The van der Waals surface area contributed by atoms with E-state index in [2.05, 4.69) is 19.9 Å². The van der Waals surface area contributed by atoms with Crippen molar-refractivity contribution in [1.82, 2.24) is 19.9 Å². The van der Waals surface area contributed by atoms with E-state index < -0.39 is 23.3 Å². The number of nitrogens with zero attached hydrogens (tertiary/aromatic N) is 4. The van der Waals surface area contributed by atoms with Gasteiger partial charge in [-0.1, -0.05) is 11.4 Å².